The van der Waals surface area contributed by atoms with E-state index in [-0.39, 0.29) is 19.4 Å². The fourth-order valence-electron chi connectivity index (χ4n) is 5.37. The molecule has 0 aliphatic rings. The third-order valence-corrected chi connectivity index (χ3v) is 8.61. The first-order valence-corrected chi connectivity index (χ1v) is 19.9. The molecular weight excluding hydrogens is 579 g/mol. The smallest absolute Gasteiger partial charge is 0.462 e. The maximum absolute atomic E-state index is 12.3. The molecule has 2 N–H and O–H groups in total. The molecule has 0 amide bonds. The summed E-state index contributed by atoms with van der Waals surface area (Å²) in [7, 11) is -4.73. The molecule has 0 fully saturated rings. The third kappa shape index (κ3) is 33.9. The van der Waals surface area contributed by atoms with Crippen LogP contribution in [0.25, 0.3) is 0 Å². The molecule has 0 heterocycles. The summed E-state index contributed by atoms with van der Waals surface area (Å²) < 4.78 is 26.2. The van der Waals surface area contributed by atoms with E-state index in [0.29, 0.717) is 6.42 Å². The van der Waals surface area contributed by atoms with E-state index < -0.39 is 32.5 Å². The predicted molar refractivity (Wildman–Crippen MR) is 179 cm³/mol. The van der Waals surface area contributed by atoms with Crippen molar-refractivity contribution in [3.63, 3.8) is 0 Å². The van der Waals surface area contributed by atoms with E-state index >= 15 is 0 Å². The third-order valence-electron chi connectivity index (χ3n) is 8.13. The largest absolute Gasteiger partial charge is 0.469 e. The molecule has 0 saturated carbocycles. The molecule has 0 aliphatic heterocycles. The lowest BCUT2D eigenvalue weighted by Crippen LogP contribution is -2.29. The normalized spacial score (nSPS) is 12.4. The van der Waals surface area contributed by atoms with Crippen LogP contribution in [0.4, 0.5) is 0 Å². The average molecular weight is 649 g/mol. The number of unbranched alkanes of at least 4 members (excludes halogenated alkanes) is 24. The maximum Gasteiger partial charge on any atom is 0.469 e. The first-order chi connectivity index (χ1) is 21.3. The van der Waals surface area contributed by atoms with Gasteiger partial charge in [0.05, 0.1) is 6.61 Å². The van der Waals surface area contributed by atoms with Crippen LogP contribution in [-0.4, -0.2) is 41.0 Å². The standard InChI is InChI=1S/C35H69O8P/c1-3-5-7-9-11-13-14-15-16-17-18-19-20-21-22-24-26-28-30-35(37)43-33(32-42-44(38,39)40)31-41-34(36)29-27-25-23-12-10-8-6-4-2/h33H,3-32H2,1-2H3,(H2,38,39,40)/t33-/m1/s1. The Morgan fingerprint density at radius 3 is 1.16 bits per heavy atom. The van der Waals surface area contributed by atoms with Crippen LogP contribution in [0.1, 0.15) is 194 Å². The van der Waals surface area contributed by atoms with Gasteiger partial charge in [0.1, 0.15) is 6.61 Å². The first kappa shape index (κ1) is 43.0. The van der Waals surface area contributed by atoms with Crippen molar-refractivity contribution in [2.75, 3.05) is 13.2 Å². The highest BCUT2D eigenvalue weighted by molar-refractivity contribution is 7.46. The Balaban J connectivity index is 3.86. The summed E-state index contributed by atoms with van der Waals surface area (Å²) in [5.74, 6) is -0.878. The van der Waals surface area contributed by atoms with Crippen molar-refractivity contribution >= 4 is 19.8 Å². The van der Waals surface area contributed by atoms with Crippen LogP contribution in [-0.2, 0) is 28.2 Å². The minimum atomic E-state index is -4.73. The predicted octanol–water partition coefficient (Wildman–Crippen LogP) is 10.5. The fraction of sp³-hybridized carbons (Fsp3) is 0.943. The van der Waals surface area contributed by atoms with Gasteiger partial charge < -0.3 is 19.3 Å². The van der Waals surface area contributed by atoms with Crippen LogP contribution < -0.4 is 0 Å². The molecule has 0 aromatic carbocycles. The van der Waals surface area contributed by atoms with E-state index in [1.54, 1.807) is 0 Å². The number of carbonyl (C=O) groups is 2. The fourth-order valence-corrected chi connectivity index (χ4v) is 5.73. The van der Waals surface area contributed by atoms with Gasteiger partial charge in [-0.25, -0.2) is 4.57 Å². The van der Waals surface area contributed by atoms with Gasteiger partial charge in [0, 0.05) is 12.8 Å². The summed E-state index contributed by atoms with van der Waals surface area (Å²) in [4.78, 5) is 42.5. The zero-order valence-corrected chi connectivity index (χ0v) is 29.5. The molecule has 0 aliphatic carbocycles. The van der Waals surface area contributed by atoms with Crippen molar-refractivity contribution in [2.24, 2.45) is 0 Å². The second kappa shape index (κ2) is 32.0. The van der Waals surface area contributed by atoms with Gasteiger partial charge in [-0.3, -0.25) is 14.1 Å². The average Bonchev–Trinajstić information content (AvgIpc) is 2.98. The highest BCUT2D eigenvalue weighted by atomic mass is 31.2. The lowest BCUT2D eigenvalue weighted by Gasteiger charge is -2.18. The Bertz CT molecular complexity index is 696. The Morgan fingerprint density at radius 1 is 0.500 bits per heavy atom. The van der Waals surface area contributed by atoms with Crippen molar-refractivity contribution in [3.8, 4) is 0 Å². The summed E-state index contributed by atoms with van der Waals surface area (Å²) in [5, 5.41) is 0. The molecule has 0 bridgehead atoms. The van der Waals surface area contributed by atoms with E-state index in [1.165, 1.54) is 128 Å². The highest BCUT2D eigenvalue weighted by Gasteiger charge is 2.22. The Kier molecular flexibility index (Phi) is 31.3. The van der Waals surface area contributed by atoms with Gasteiger partial charge in [0.15, 0.2) is 6.10 Å². The summed E-state index contributed by atoms with van der Waals surface area (Å²) in [6, 6.07) is 0. The monoisotopic (exact) mass is 648 g/mol. The van der Waals surface area contributed by atoms with E-state index in [1.807, 2.05) is 0 Å². The lowest BCUT2D eigenvalue weighted by molar-refractivity contribution is -0.161. The number of carbonyl (C=O) groups excluding carboxylic acids is 2. The molecule has 262 valence electrons. The van der Waals surface area contributed by atoms with Gasteiger partial charge in [-0.15, -0.1) is 0 Å². The number of hydrogen-bond donors (Lipinski definition) is 2. The van der Waals surface area contributed by atoms with Crippen molar-refractivity contribution in [2.45, 2.75) is 200 Å². The Labute approximate surface area is 270 Å². The molecule has 0 rings (SSSR count). The number of esters is 2. The maximum atomic E-state index is 12.3. The van der Waals surface area contributed by atoms with Crippen LogP contribution in [0.2, 0.25) is 0 Å². The van der Waals surface area contributed by atoms with Gasteiger partial charge in [-0.05, 0) is 12.8 Å². The molecule has 9 heteroatoms. The zero-order chi connectivity index (χ0) is 32.6. The van der Waals surface area contributed by atoms with E-state index in [4.69, 9.17) is 19.3 Å². The Morgan fingerprint density at radius 2 is 0.818 bits per heavy atom. The second-order valence-electron chi connectivity index (χ2n) is 12.6. The van der Waals surface area contributed by atoms with Crippen LogP contribution in [0, 0.1) is 0 Å². The van der Waals surface area contributed by atoms with Gasteiger partial charge in [-0.1, -0.05) is 168 Å². The molecular formula is C35H69O8P. The summed E-state index contributed by atoms with van der Waals surface area (Å²) >= 11 is 0. The van der Waals surface area contributed by atoms with E-state index in [2.05, 4.69) is 18.4 Å². The second-order valence-corrected chi connectivity index (χ2v) is 13.8. The van der Waals surface area contributed by atoms with E-state index in [9.17, 15) is 14.2 Å². The number of phosphoric ester groups is 1. The van der Waals surface area contributed by atoms with Crippen molar-refractivity contribution in [3.05, 3.63) is 0 Å². The minimum Gasteiger partial charge on any atom is -0.462 e. The lowest BCUT2D eigenvalue weighted by atomic mass is 10.0. The molecule has 0 radical (unpaired) electrons. The van der Waals surface area contributed by atoms with Crippen molar-refractivity contribution in [1.29, 1.82) is 0 Å². The molecule has 8 nitrogen and oxygen atoms in total. The van der Waals surface area contributed by atoms with E-state index in [0.717, 1.165) is 32.1 Å². The van der Waals surface area contributed by atoms with Gasteiger partial charge in [0.2, 0.25) is 0 Å². The molecule has 0 aromatic heterocycles. The van der Waals surface area contributed by atoms with Crippen LogP contribution in [0.15, 0.2) is 0 Å². The Hall–Kier alpha value is -0.950. The topological polar surface area (TPSA) is 119 Å². The number of hydrogen-bond acceptors (Lipinski definition) is 6. The number of ether oxygens (including phenoxy) is 2. The van der Waals surface area contributed by atoms with Gasteiger partial charge in [0.25, 0.3) is 0 Å². The molecule has 1 atom stereocenters. The molecule has 0 spiro atoms. The van der Waals surface area contributed by atoms with Crippen LogP contribution in [0.5, 0.6) is 0 Å². The quantitative estimate of drug-likeness (QED) is 0.0402. The van der Waals surface area contributed by atoms with Gasteiger partial charge in [-0.2, -0.15) is 0 Å². The molecule has 0 saturated heterocycles. The number of rotatable bonds is 34. The van der Waals surface area contributed by atoms with Crippen molar-refractivity contribution < 1.29 is 37.9 Å². The van der Waals surface area contributed by atoms with Gasteiger partial charge >= 0.3 is 19.8 Å². The molecule has 0 aromatic rings. The molecule has 44 heavy (non-hydrogen) atoms. The van der Waals surface area contributed by atoms with Crippen LogP contribution >= 0.6 is 7.82 Å². The summed E-state index contributed by atoms with van der Waals surface area (Å²) in [5.41, 5.74) is 0. The van der Waals surface area contributed by atoms with Crippen LogP contribution in [0.3, 0.4) is 0 Å². The summed E-state index contributed by atoms with van der Waals surface area (Å²) in [6.07, 6.45) is 31.3. The van der Waals surface area contributed by atoms with Crippen molar-refractivity contribution in [1.82, 2.24) is 0 Å². The minimum absolute atomic E-state index is 0.220. The first-order valence-electron chi connectivity index (χ1n) is 18.3. The summed E-state index contributed by atoms with van der Waals surface area (Å²) in [6.45, 7) is 3.65. The highest BCUT2D eigenvalue weighted by Crippen LogP contribution is 2.36. The number of phosphoric acid groups is 1. The molecule has 0 unspecified atom stereocenters. The zero-order valence-electron chi connectivity index (χ0n) is 28.6. The SMILES string of the molecule is CCCCCCCCCCCCCCCCCCCCC(=O)O[C@H](COC(=O)CCCCCCCCCC)COP(=O)(O)O.